The highest BCUT2D eigenvalue weighted by Crippen LogP contribution is 2.20. The largest absolute Gasteiger partial charge is 0.469 e. The van der Waals surface area contributed by atoms with Crippen molar-refractivity contribution in [2.75, 3.05) is 13.7 Å². The van der Waals surface area contributed by atoms with Crippen molar-refractivity contribution in [3.63, 3.8) is 0 Å². The normalized spacial score (nSPS) is 29.8. The van der Waals surface area contributed by atoms with E-state index in [-0.39, 0.29) is 12.1 Å². The Balaban J connectivity index is 2.21. The van der Waals surface area contributed by atoms with E-state index in [1.807, 2.05) is 0 Å². The summed E-state index contributed by atoms with van der Waals surface area (Å²) in [7, 11) is 1.41. The summed E-state index contributed by atoms with van der Waals surface area (Å²) in [6.45, 7) is 2.94. The second kappa shape index (κ2) is 4.45. The Labute approximate surface area is 73.0 Å². The second-order valence-electron chi connectivity index (χ2n) is 3.42. The molecule has 0 N–H and O–H groups in total. The minimum Gasteiger partial charge on any atom is -0.469 e. The third-order valence-electron chi connectivity index (χ3n) is 2.22. The minimum absolute atomic E-state index is 0.0913. The van der Waals surface area contributed by atoms with E-state index >= 15 is 0 Å². The Morgan fingerprint density at radius 1 is 1.58 bits per heavy atom. The highest BCUT2D eigenvalue weighted by Gasteiger charge is 2.21. The Kier molecular flexibility index (Phi) is 3.53. The van der Waals surface area contributed by atoms with Gasteiger partial charge in [0, 0.05) is 6.61 Å². The number of ether oxygens (including phenoxy) is 2. The molecule has 0 aromatic carbocycles. The number of carbonyl (C=O) groups is 1. The number of methoxy groups -OCH3 is 1. The molecule has 1 aliphatic rings. The Hall–Kier alpha value is -0.570. The van der Waals surface area contributed by atoms with Crippen LogP contribution in [0.3, 0.4) is 0 Å². The van der Waals surface area contributed by atoms with Gasteiger partial charge in [0.1, 0.15) is 0 Å². The molecule has 70 valence electrons. The van der Waals surface area contributed by atoms with E-state index in [0.717, 1.165) is 19.4 Å². The zero-order valence-electron chi connectivity index (χ0n) is 7.71. The summed E-state index contributed by atoms with van der Waals surface area (Å²) in [5.41, 5.74) is 0. The lowest BCUT2D eigenvalue weighted by atomic mass is 9.99. The zero-order chi connectivity index (χ0) is 8.97. The molecule has 1 heterocycles. The summed E-state index contributed by atoms with van der Waals surface area (Å²) >= 11 is 0. The fourth-order valence-electron chi connectivity index (χ4n) is 1.37. The van der Waals surface area contributed by atoms with E-state index < -0.39 is 0 Å². The van der Waals surface area contributed by atoms with Gasteiger partial charge in [-0.15, -0.1) is 0 Å². The van der Waals surface area contributed by atoms with Gasteiger partial charge in [-0.1, -0.05) is 6.92 Å². The van der Waals surface area contributed by atoms with Crippen molar-refractivity contribution in [1.29, 1.82) is 0 Å². The summed E-state index contributed by atoms with van der Waals surface area (Å²) in [6.07, 6.45) is 2.63. The molecule has 0 amide bonds. The van der Waals surface area contributed by atoms with Gasteiger partial charge < -0.3 is 9.47 Å². The van der Waals surface area contributed by atoms with E-state index in [0.29, 0.717) is 12.3 Å². The van der Waals surface area contributed by atoms with Crippen LogP contribution < -0.4 is 0 Å². The van der Waals surface area contributed by atoms with Gasteiger partial charge in [0.25, 0.3) is 0 Å². The maximum absolute atomic E-state index is 10.9. The summed E-state index contributed by atoms with van der Waals surface area (Å²) in [4.78, 5) is 10.9. The maximum atomic E-state index is 10.9. The summed E-state index contributed by atoms with van der Waals surface area (Å²) < 4.78 is 10.0. The number of hydrogen-bond acceptors (Lipinski definition) is 3. The third-order valence-corrected chi connectivity index (χ3v) is 2.22. The quantitative estimate of drug-likeness (QED) is 0.590. The molecule has 1 saturated heterocycles. The average Bonchev–Trinajstić information content (AvgIpc) is 2.09. The Morgan fingerprint density at radius 3 is 2.83 bits per heavy atom. The molecule has 2 atom stereocenters. The number of hydrogen-bond donors (Lipinski definition) is 0. The molecular formula is C9H16O3. The van der Waals surface area contributed by atoms with Gasteiger partial charge in [-0.05, 0) is 18.8 Å². The number of carbonyl (C=O) groups excluding carboxylic acids is 1. The minimum atomic E-state index is -0.172. The van der Waals surface area contributed by atoms with Gasteiger partial charge >= 0.3 is 5.97 Å². The maximum Gasteiger partial charge on any atom is 0.308 e. The molecular weight excluding hydrogens is 156 g/mol. The highest BCUT2D eigenvalue weighted by atomic mass is 16.5. The Bertz CT molecular complexity index is 148. The fourth-order valence-corrected chi connectivity index (χ4v) is 1.37. The Morgan fingerprint density at radius 2 is 2.33 bits per heavy atom. The fraction of sp³-hybridized carbons (Fsp3) is 0.889. The summed E-state index contributed by atoms with van der Waals surface area (Å²) in [5.74, 6) is 0.466. The van der Waals surface area contributed by atoms with Gasteiger partial charge in [-0.2, -0.15) is 0 Å². The molecule has 12 heavy (non-hydrogen) atoms. The molecule has 0 radical (unpaired) electrons. The third kappa shape index (κ3) is 2.81. The first kappa shape index (κ1) is 9.52. The molecule has 1 aliphatic heterocycles. The van der Waals surface area contributed by atoms with Crippen LogP contribution in [0.4, 0.5) is 0 Å². The van der Waals surface area contributed by atoms with E-state index in [4.69, 9.17) is 4.74 Å². The molecule has 3 heteroatoms. The van der Waals surface area contributed by atoms with E-state index in [1.165, 1.54) is 7.11 Å². The summed E-state index contributed by atoms with van der Waals surface area (Å²) in [5, 5.41) is 0. The molecule has 0 aliphatic carbocycles. The molecule has 0 bridgehead atoms. The van der Waals surface area contributed by atoms with Gasteiger partial charge in [0.2, 0.25) is 0 Å². The first-order valence-corrected chi connectivity index (χ1v) is 4.40. The van der Waals surface area contributed by atoms with Crippen molar-refractivity contribution < 1.29 is 14.3 Å². The van der Waals surface area contributed by atoms with Crippen LogP contribution in [0.5, 0.6) is 0 Å². The van der Waals surface area contributed by atoms with Crippen LogP contribution >= 0.6 is 0 Å². The molecule has 0 spiro atoms. The highest BCUT2D eigenvalue weighted by molar-refractivity contribution is 5.69. The first-order valence-electron chi connectivity index (χ1n) is 4.40. The van der Waals surface area contributed by atoms with Crippen LogP contribution in [0.2, 0.25) is 0 Å². The lowest BCUT2D eigenvalue weighted by Crippen LogP contribution is -2.26. The standard InChI is InChI=1S/C9H16O3/c1-7-3-4-8(12-6-7)5-9(10)11-2/h7-8H,3-6H2,1-2H3. The predicted molar refractivity (Wildman–Crippen MR) is 44.8 cm³/mol. The topological polar surface area (TPSA) is 35.5 Å². The van der Waals surface area contributed by atoms with Crippen molar-refractivity contribution in [2.24, 2.45) is 5.92 Å². The van der Waals surface area contributed by atoms with Crippen molar-refractivity contribution >= 4 is 5.97 Å². The molecule has 2 unspecified atom stereocenters. The molecule has 0 aromatic heterocycles. The van der Waals surface area contributed by atoms with Gasteiger partial charge in [0.15, 0.2) is 0 Å². The SMILES string of the molecule is COC(=O)CC1CCC(C)CO1. The number of esters is 1. The zero-order valence-corrected chi connectivity index (χ0v) is 7.71. The van der Waals surface area contributed by atoms with Crippen molar-refractivity contribution in [3.05, 3.63) is 0 Å². The van der Waals surface area contributed by atoms with Gasteiger partial charge in [0.05, 0.1) is 19.6 Å². The average molecular weight is 172 g/mol. The van der Waals surface area contributed by atoms with Crippen molar-refractivity contribution in [2.45, 2.75) is 32.3 Å². The van der Waals surface area contributed by atoms with E-state index in [1.54, 1.807) is 0 Å². The van der Waals surface area contributed by atoms with Crippen LogP contribution in [0.15, 0.2) is 0 Å². The molecule has 1 rings (SSSR count). The van der Waals surface area contributed by atoms with Crippen LogP contribution in [0, 0.1) is 5.92 Å². The van der Waals surface area contributed by atoms with Crippen molar-refractivity contribution in [1.82, 2.24) is 0 Å². The van der Waals surface area contributed by atoms with Crippen LogP contribution in [-0.4, -0.2) is 25.8 Å². The van der Waals surface area contributed by atoms with Crippen LogP contribution in [0.1, 0.15) is 26.2 Å². The first-order chi connectivity index (χ1) is 5.72. The molecule has 3 nitrogen and oxygen atoms in total. The molecule has 0 saturated carbocycles. The molecule has 1 fully saturated rings. The molecule has 0 aromatic rings. The predicted octanol–water partition coefficient (Wildman–Crippen LogP) is 1.36. The summed E-state index contributed by atoms with van der Waals surface area (Å²) in [6, 6.07) is 0. The van der Waals surface area contributed by atoms with Crippen molar-refractivity contribution in [3.8, 4) is 0 Å². The lowest BCUT2D eigenvalue weighted by molar-refractivity contribution is -0.145. The second-order valence-corrected chi connectivity index (χ2v) is 3.42. The number of rotatable bonds is 2. The monoisotopic (exact) mass is 172 g/mol. The smallest absolute Gasteiger partial charge is 0.308 e. The van der Waals surface area contributed by atoms with E-state index in [2.05, 4.69) is 11.7 Å². The van der Waals surface area contributed by atoms with E-state index in [9.17, 15) is 4.79 Å². The lowest BCUT2D eigenvalue weighted by Gasteiger charge is -2.25. The van der Waals surface area contributed by atoms with Crippen LogP contribution in [-0.2, 0) is 14.3 Å². The van der Waals surface area contributed by atoms with Gasteiger partial charge in [-0.3, -0.25) is 4.79 Å². The van der Waals surface area contributed by atoms with Crippen LogP contribution in [0.25, 0.3) is 0 Å². The van der Waals surface area contributed by atoms with Gasteiger partial charge in [-0.25, -0.2) is 0 Å².